The second kappa shape index (κ2) is 3.63. The molecule has 3 unspecified atom stereocenters. The first-order valence-electron chi connectivity index (χ1n) is 5.92. The quantitative estimate of drug-likeness (QED) is 0.730. The Morgan fingerprint density at radius 1 is 1.50 bits per heavy atom. The van der Waals surface area contributed by atoms with Gasteiger partial charge < -0.3 is 15.2 Å². The molecule has 0 saturated carbocycles. The maximum atomic E-state index is 12.2. The lowest BCUT2D eigenvalue weighted by atomic mass is 9.95. The highest BCUT2D eigenvalue weighted by Gasteiger charge is 2.43. The lowest BCUT2D eigenvalue weighted by molar-refractivity contribution is 0.0723. The van der Waals surface area contributed by atoms with Gasteiger partial charge in [0.05, 0.1) is 0 Å². The van der Waals surface area contributed by atoms with Crippen LogP contribution in [0.15, 0.2) is 18.3 Å². The topological polar surface area (TPSA) is 48.1 Å². The number of carbonyl (C=O) groups is 1. The molecule has 0 bridgehead atoms. The Morgan fingerprint density at radius 3 is 3.06 bits per heavy atom. The van der Waals surface area contributed by atoms with Gasteiger partial charge in [-0.3, -0.25) is 4.79 Å². The van der Waals surface area contributed by atoms with Crippen molar-refractivity contribution in [3.63, 3.8) is 0 Å². The number of fused-ring (bicyclic) bond motifs is 1. The van der Waals surface area contributed by atoms with Crippen molar-refractivity contribution in [3.8, 4) is 0 Å². The van der Waals surface area contributed by atoms with E-state index >= 15 is 0 Å². The number of likely N-dealkylation sites (tertiary alicyclic amines) is 1. The highest BCUT2D eigenvalue weighted by atomic mass is 16.2. The fourth-order valence-electron chi connectivity index (χ4n) is 3.05. The number of carbonyl (C=O) groups excluding carboxylic acids is 1. The monoisotopic (exact) mass is 219 g/mol. The van der Waals surface area contributed by atoms with Gasteiger partial charge in [0.15, 0.2) is 0 Å². The van der Waals surface area contributed by atoms with Crippen molar-refractivity contribution in [2.75, 3.05) is 19.6 Å². The van der Waals surface area contributed by atoms with E-state index in [1.54, 1.807) is 6.20 Å². The van der Waals surface area contributed by atoms with E-state index in [0.29, 0.717) is 23.6 Å². The molecule has 3 rings (SSSR count). The van der Waals surface area contributed by atoms with E-state index in [9.17, 15) is 4.79 Å². The summed E-state index contributed by atoms with van der Waals surface area (Å²) in [7, 11) is 0. The molecule has 0 aliphatic carbocycles. The molecule has 1 aromatic rings. The maximum Gasteiger partial charge on any atom is 0.270 e. The first-order chi connectivity index (χ1) is 7.77. The van der Waals surface area contributed by atoms with Crippen molar-refractivity contribution in [3.05, 3.63) is 24.0 Å². The zero-order chi connectivity index (χ0) is 11.1. The molecule has 3 atom stereocenters. The average Bonchev–Trinajstić information content (AvgIpc) is 2.95. The van der Waals surface area contributed by atoms with Gasteiger partial charge in [0.25, 0.3) is 5.91 Å². The van der Waals surface area contributed by atoms with Crippen molar-refractivity contribution in [1.82, 2.24) is 15.2 Å². The van der Waals surface area contributed by atoms with Gasteiger partial charge in [-0.05, 0) is 30.9 Å². The van der Waals surface area contributed by atoms with Crippen LogP contribution in [0, 0.1) is 11.8 Å². The summed E-state index contributed by atoms with van der Waals surface area (Å²) in [5.41, 5.74) is 0.708. The van der Waals surface area contributed by atoms with Gasteiger partial charge >= 0.3 is 0 Å². The molecule has 2 N–H and O–H groups in total. The number of rotatable bonds is 1. The fraction of sp³-hybridized carbons (Fsp3) is 0.583. The van der Waals surface area contributed by atoms with Crippen LogP contribution in [0.2, 0.25) is 0 Å². The minimum Gasteiger partial charge on any atom is -0.357 e. The summed E-state index contributed by atoms with van der Waals surface area (Å²) < 4.78 is 0. The summed E-state index contributed by atoms with van der Waals surface area (Å²) in [5, 5.41) is 3.40. The lowest BCUT2D eigenvalue weighted by Crippen LogP contribution is -2.38. The third kappa shape index (κ3) is 1.37. The van der Waals surface area contributed by atoms with E-state index in [1.165, 1.54) is 0 Å². The van der Waals surface area contributed by atoms with E-state index in [0.717, 1.165) is 19.6 Å². The van der Waals surface area contributed by atoms with Crippen molar-refractivity contribution >= 4 is 5.91 Å². The van der Waals surface area contributed by atoms with Crippen LogP contribution < -0.4 is 5.32 Å². The molecular formula is C12H17N3O. The van der Waals surface area contributed by atoms with Gasteiger partial charge in [0.1, 0.15) is 5.69 Å². The van der Waals surface area contributed by atoms with Gasteiger partial charge in [-0.25, -0.2) is 0 Å². The van der Waals surface area contributed by atoms with Crippen molar-refractivity contribution in [2.45, 2.75) is 13.0 Å². The third-order valence-corrected chi connectivity index (χ3v) is 4.02. The summed E-state index contributed by atoms with van der Waals surface area (Å²) in [6, 6.07) is 4.08. The van der Waals surface area contributed by atoms with Crippen molar-refractivity contribution in [2.24, 2.45) is 11.8 Å². The highest BCUT2D eigenvalue weighted by Crippen LogP contribution is 2.32. The van der Waals surface area contributed by atoms with E-state index in [2.05, 4.69) is 17.2 Å². The second-order valence-electron chi connectivity index (χ2n) is 4.86. The number of H-pyrrole nitrogens is 1. The van der Waals surface area contributed by atoms with Crippen LogP contribution in [0.1, 0.15) is 17.4 Å². The summed E-state index contributed by atoms with van der Waals surface area (Å²) in [6.45, 7) is 5.18. The molecule has 2 aliphatic rings. The molecule has 1 aromatic heterocycles. The fourth-order valence-corrected chi connectivity index (χ4v) is 3.05. The van der Waals surface area contributed by atoms with Gasteiger partial charge in [-0.1, -0.05) is 0 Å². The van der Waals surface area contributed by atoms with E-state index in [4.69, 9.17) is 0 Å². The van der Waals surface area contributed by atoms with Crippen LogP contribution in [-0.2, 0) is 0 Å². The number of nitrogens with one attached hydrogen (secondary N) is 2. The Balaban J connectivity index is 1.79. The Bertz CT molecular complexity index is 387. The van der Waals surface area contributed by atoms with Gasteiger partial charge in [-0.2, -0.15) is 0 Å². The van der Waals surface area contributed by atoms with Crippen LogP contribution in [-0.4, -0.2) is 41.5 Å². The summed E-state index contributed by atoms with van der Waals surface area (Å²) >= 11 is 0. The molecule has 2 saturated heterocycles. The van der Waals surface area contributed by atoms with Crippen LogP contribution >= 0.6 is 0 Å². The summed E-state index contributed by atoms with van der Waals surface area (Å²) in [6.07, 6.45) is 1.80. The van der Waals surface area contributed by atoms with E-state index < -0.39 is 0 Å². The molecule has 4 heteroatoms. The first kappa shape index (κ1) is 9.90. The summed E-state index contributed by atoms with van der Waals surface area (Å²) in [4.78, 5) is 17.2. The maximum absolute atomic E-state index is 12.2. The zero-order valence-electron chi connectivity index (χ0n) is 9.44. The predicted molar refractivity (Wildman–Crippen MR) is 61.1 cm³/mol. The van der Waals surface area contributed by atoms with Crippen LogP contribution in [0.5, 0.6) is 0 Å². The molecule has 4 nitrogen and oxygen atoms in total. The normalized spacial score (nSPS) is 33.1. The number of aromatic nitrogens is 1. The molecule has 16 heavy (non-hydrogen) atoms. The molecular weight excluding hydrogens is 202 g/mol. The molecule has 0 aromatic carbocycles. The molecule has 0 spiro atoms. The number of hydrogen-bond donors (Lipinski definition) is 2. The molecule has 86 valence electrons. The first-order valence-corrected chi connectivity index (χ1v) is 5.92. The number of hydrogen-bond acceptors (Lipinski definition) is 2. The lowest BCUT2D eigenvalue weighted by Gasteiger charge is -2.23. The molecule has 2 fully saturated rings. The second-order valence-corrected chi connectivity index (χ2v) is 4.86. The Labute approximate surface area is 95.0 Å². The van der Waals surface area contributed by atoms with Crippen molar-refractivity contribution in [1.29, 1.82) is 0 Å². The third-order valence-electron chi connectivity index (χ3n) is 4.02. The Kier molecular flexibility index (Phi) is 2.24. The van der Waals surface area contributed by atoms with Crippen molar-refractivity contribution < 1.29 is 4.79 Å². The average molecular weight is 219 g/mol. The van der Waals surface area contributed by atoms with E-state index in [-0.39, 0.29) is 5.91 Å². The minimum absolute atomic E-state index is 0.145. The van der Waals surface area contributed by atoms with Gasteiger partial charge in [-0.15, -0.1) is 0 Å². The summed E-state index contributed by atoms with van der Waals surface area (Å²) in [5.74, 6) is 1.43. The highest BCUT2D eigenvalue weighted by molar-refractivity contribution is 5.92. The molecule has 1 amide bonds. The SMILES string of the molecule is CC1C2CNCC2CN1C(=O)c1ccc[nH]1. The smallest absolute Gasteiger partial charge is 0.270 e. The largest absolute Gasteiger partial charge is 0.357 e. The predicted octanol–water partition coefficient (Wildman–Crippen LogP) is 0.695. The molecule has 2 aliphatic heterocycles. The number of amides is 1. The standard InChI is InChI=1S/C12H17N3O/c1-8-10-6-13-5-9(10)7-15(8)12(16)11-3-2-4-14-11/h2-4,8-10,13-14H,5-7H2,1H3. The zero-order valence-corrected chi connectivity index (χ0v) is 9.44. The number of aromatic amines is 1. The Hall–Kier alpha value is -1.29. The van der Waals surface area contributed by atoms with Crippen LogP contribution in [0.3, 0.4) is 0 Å². The van der Waals surface area contributed by atoms with Gasteiger partial charge in [0.2, 0.25) is 0 Å². The molecule has 0 radical (unpaired) electrons. The van der Waals surface area contributed by atoms with Crippen LogP contribution in [0.4, 0.5) is 0 Å². The van der Waals surface area contributed by atoms with E-state index in [1.807, 2.05) is 17.0 Å². The minimum atomic E-state index is 0.145. The van der Waals surface area contributed by atoms with Gasteiger partial charge in [0, 0.05) is 31.9 Å². The molecule has 3 heterocycles. The Morgan fingerprint density at radius 2 is 2.38 bits per heavy atom. The number of nitrogens with zero attached hydrogens (tertiary/aromatic N) is 1. The van der Waals surface area contributed by atoms with Crippen LogP contribution in [0.25, 0.3) is 0 Å².